The van der Waals surface area contributed by atoms with E-state index in [1.807, 2.05) is 12.4 Å². The highest BCUT2D eigenvalue weighted by atomic mass is 19.1. The number of piperazine rings is 1. The standard InChI is InChI=1S/C20H24FN5O/c1-3-16-12-26-13-22-18(11-19(26)23-16)24-6-8-25(9-7-24)20(27)15-5-4-14(2)17(21)10-15/h4-5,10-11,13,16H,3,6-9,12H2,1-2H3/t16-/m1/s1. The minimum absolute atomic E-state index is 0.119. The summed E-state index contributed by atoms with van der Waals surface area (Å²) < 4.78 is 13.8. The van der Waals surface area contributed by atoms with Crippen molar-refractivity contribution in [1.29, 1.82) is 0 Å². The summed E-state index contributed by atoms with van der Waals surface area (Å²) in [7, 11) is 0. The minimum atomic E-state index is -0.339. The second-order valence-electron chi connectivity index (χ2n) is 7.19. The molecule has 1 aromatic rings. The second kappa shape index (κ2) is 7.13. The van der Waals surface area contributed by atoms with E-state index in [-0.39, 0.29) is 11.7 Å². The second-order valence-corrected chi connectivity index (χ2v) is 7.19. The largest absolute Gasteiger partial charge is 0.353 e. The molecule has 3 aliphatic heterocycles. The first-order valence-corrected chi connectivity index (χ1v) is 9.46. The molecule has 0 aliphatic carbocycles. The van der Waals surface area contributed by atoms with Crippen LogP contribution in [0.2, 0.25) is 0 Å². The van der Waals surface area contributed by atoms with Gasteiger partial charge in [-0.1, -0.05) is 13.0 Å². The van der Waals surface area contributed by atoms with Crippen molar-refractivity contribution >= 4 is 18.1 Å². The molecule has 6 nitrogen and oxygen atoms in total. The van der Waals surface area contributed by atoms with Crippen molar-refractivity contribution in [2.24, 2.45) is 9.98 Å². The van der Waals surface area contributed by atoms with E-state index in [1.54, 1.807) is 24.0 Å². The lowest BCUT2D eigenvalue weighted by molar-refractivity contribution is 0.0668. The lowest BCUT2D eigenvalue weighted by Gasteiger charge is -2.37. The average Bonchev–Trinajstić information content (AvgIpc) is 3.12. The van der Waals surface area contributed by atoms with Crippen LogP contribution < -0.4 is 0 Å². The van der Waals surface area contributed by atoms with Crippen molar-refractivity contribution < 1.29 is 9.18 Å². The molecule has 0 bridgehead atoms. The predicted molar refractivity (Wildman–Crippen MR) is 103 cm³/mol. The number of rotatable bonds is 3. The van der Waals surface area contributed by atoms with Crippen LogP contribution in [0.3, 0.4) is 0 Å². The summed E-state index contributed by atoms with van der Waals surface area (Å²) >= 11 is 0. The topological polar surface area (TPSA) is 51.5 Å². The smallest absolute Gasteiger partial charge is 0.254 e. The van der Waals surface area contributed by atoms with Crippen LogP contribution in [-0.2, 0) is 0 Å². The molecule has 1 saturated heterocycles. The number of halogens is 1. The average molecular weight is 369 g/mol. The van der Waals surface area contributed by atoms with Gasteiger partial charge in [-0.2, -0.15) is 0 Å². The molecule has 3 aliphatic rings. The van der Waals surface area contributed by atoms with Gasteiger partial charge in [-0.3, -0.25) is 9.79 Å². The Morgan fingerprint density at radius 1 is 1.26 bits per heavy atom. The van der Waals surface area contributed by atoms with E-state index in [0.29, 0.717) is 43.3 Å². The van der Waals surface area contributed by atoms with Crippen LogP contribution in [0.5, 0.6) is 0 Å². The minimum Gasteiger partial charge on any atom is -0.353 e. The molecule has 0 N–H and O–H groups in total. The molecule has 1 aromatic carbocycles. The van der Waals surface area contributed by atoms with Crippen molar-refractivity contribution in [2.45, 2.75) is 26.3 Å². The number of nitrogens with zero attached hydrogens (tertiary/aromatic N) is 5. The number of carbonyl (C=O) groups excluding carboxylic acids is 1. The molecule has 0 unspecified atom stereocenters. The number of benzene rings is 1. The maximum atomic E-state index is 13.8. The Bertz CT molecular complexity index is 839. The first kappa shape index (κ1) is 17.7. The van der Waals surface area contributed by atoms with Gasteiger partial charge in [0.15, 0.2) is 0 Å². The van der Waals surface area contributed by atoms with Crippen LogP contribution in [0.25, 0.3) is 0 Å². The summed E-state index contributed by atoms with van der Waals surface area (Å²) in [6.07, 6.45) is 4.91. The zero-order chi connectivity index (χ0) is 19.0. The summed E-state index contributed by atoms with van der Waals surface area (Å²) in [6, 6.07) is 5.01. The molecular formula is C20H24FN5O. The summed E-state index contributed by atoms with van der Waals surface area (Å²) in [5.74, 6) is 1.41. The van der Waals surface area contributed by atoms with Gasteiger partial charge in [0.2, 0.25) is 0 Å². The maximum Gasteiger partial charge on any atom is 0.254 e. The SMILES string of the molecule is CC[C@@H]1CN2C=NC(N3CCN(C(=O)c4ccc(C)c(F)c4)CC3)=CC2=N1. The molecule has 27 heavy (non-hydrogen) atoms. The van der Waals surface area contributed by atoms with Crippen LogP contribution >= 0.6 is 0 Å². The van der Waals surface area contributed by atoms with Gasteiger partial charge < -0.3 is 14.7 Å². The fourth-order valence-electron chi connectivity index (χ4n) is 3.57. The molecule has 0 saturated carbocycles. The number of hydrogen-bond acceptors (Lipinski definition) is 5. The van der Waals surface area contributed by atoms with Gasteiger partial charge in [0.05, 0.1) is 12.4 Å². The number of amidine groups is 1. The third-order valence-corrected chi connectivity index (χ3v) is 5.39. The van der Waals surface area contributed by atoms with Gasteiger partial charge in [0.25, 0.3) is 5.91 Å². The van der Waals surface area contributed by atoms with E-state index in [0.717, 1.165) is 24.6 Å². The zero-order valence-electron chi connectivity index (χ0n) is 15.7. The van der Waals surface area contributed by atoms with Crippen LogP contribution in [0.1, 0.15) is 29.3 Å². The molecular weight excluding hydrogens is 345 g/mol. The van der Waals surface area contributed by atoms with E-state index in [9.17, 15) is 9.18 Å². The molecule has 0 aromatic heterocycles. The normalized spacial score (nSPS) is 21.9. The number of aryl methyl sites for hydroxylation is 1. The molecule has 0 spiro atoms. The van der Waals surface area contributed by atoms with E-state index in [1.165, 1.54) is 6.07 Å². The van der Waals surface area contributed by atoms with E-state index >= 15 is 0 Å². The first-order valence-electron chi connectivity index (χ1n) is 9.46. The summed E-state index contributed by atoms with van der Waals surface area (Å²) in [6.45, 7) is 7.32. The quantitative estimate of drug-likeness (QED) is 0.821. The van der Waals surface area contributed by atoms with Gasteiger partial charge in [-0.15, -0.1) is 0 Å². The molecule has 4 rings (SSSR count). The fraction of sp³-hybridized carbons (Fsp3) is 0.450. The predicted octanol–water partition coefficient (Wildman–Crippen LogP) is 2.27. The Kier molecular flexibility index (Phi) is 4.68. The maximum absolute atomic E-state index is 13.8. The zero-order valence-corrected chi connectivity index (χ0v) is 15.7. The van der Waals surface area contributed by atoms with E-state index in [2.05, 4.69) is 21.7 Å². The first-order chi connectivity index (χ1) is 13.0. The number of fused-ring (bicyclic) bond motifs is 1. The summed E-state index contributed by atoms with van der Waals surface area (Å²) in [4.78, 5) is 28.0. The van der Waals surface area contributed by atoms with Crippen molar-refractivity contribution in [1.82, 2.24) is 14.7 Å². The number of carbonyl (C=O) groups is 1. The van der Waals surface area contributed by atoms with Crippen molar-refractivity contribution in [2.75, 3.05) is 32.7 Å². The van der Waals surface area contributed by atoms with Gasteiger partial charge >= 0.3 is 0 Å². The Labute approximate surface area is 158 Å². The highest BCUT2D eigenvalue weighted by molar-refractivity contribution is 6.03. The van der Waals surface area contributed by atoms with Crippen LogP contribution in [0.4, 0.5) is 4.39 Å². The lowest BCUT2D eigenvalue weighted by atomic mass is 10.1. The van der Waals surface area contributed by atoms with Crippen molar-refractivity contribution in [3.05, 3.63) is 47.0 Å². The van der Waals surface area contributed by atoms with E-state index in [4.69, 9.17) is 4.99 Å². The van der Waals surface area contributed by atoms with Gasteiger partial charge in [0.1, 0.15) is 17.5 Å². The molecule has 3 heterocycles. The molecule has 0 radical (unpaired) electrons. The molecule has 1 atom stereocenters. The van der Waals surface area contributed by atoms with E-state index < -0.39 is 0 Å². The molecule has 1 amide bonds. The van der Waals surface area contributed by atoms with Gasteiger partial charge in [-0.05, 0) is 31.0 Å². The number of aliphatic imine (C=N–C) groups is 2. The molecule has 7 heteroatoms. The molecule has 142 valence electrons. The van der Waals surface area contributed by atoms with Gasteiger partial charge in [0, 0.05) is 44.4 Å². The fourth-order valence-corrected chi connectivity index (χ4v) is 3.57. The van der Waals surface area contributed by atoms with Crippen LogP contribution in [-0.4, -0.2) is 71.5 Å². The third-order valence-electron chi connectivity index (χ3n) is 5.39. The Balaban J connectivity index is 1.40. The highest BCUT2D eigenvalue weighted by Gasteiger charge is 2.28. The van der Waals surface area contributed by atoms with Crippen LogP contribution in [0, 0.1) is 12.7 Å². The Morgan fingerprint density at radius 2 is 2.04 bits per heavy atom. The Morgan fingerprint density at radius 3 is 2.74 bits per heavy atom. The summed E-state index contributed by atoms with van der Waals surface area (Å²) in [5, 5.41) is 0. The van der Waals surface area contributed by atoms with Crippen LogP contribution in [0.15, 0.2) is 40.1 Å². The number of amides is 1. The highest BCUT2D eigenvalue weighted by Crippen LogP contribution is 2.20. The Hall–Kier alpha value is -2.70. The number of hydrogen-bond donors (Lipinski definition) is 0. The lowest BCUT2D eigenvalue weighted by Crippen LogP contribution is -2.48. The van der Waals surface area contributed by atoms with Crippen molar-refractivity contribution in [3.63, 3.8) is 0 Å². The van der Waals surface area contributed by atoms with Gasteiger partial charge in [-0.25, -0.2) is 9.38 Å². The monoisotopic (exact) mass is 369 g/mol. The third kappa shape index (κ3) is 3.46. The molecule has 1 fully saturated rings. The van der Waals surface area contributed by atoms with Crippen molar-refractivity contribution in [3.8, 4) is 0 Å². The summed E-state index contributed by atoms with van der Waals surface area (Å²) in [5.41, 5.74) is 0.954.